The van der Waals surface area contributed by atoms with Crippen molar-refractivity contribution in [2.45, 2.75) is 13.8 Å². The fourth-order valence-corrected chi connectivity index (χ4v) is 0.870. The van der Waals surface area contributed by atoms with E-state index in [1.165, 1.54) is 0 Å². The van der Waals surface area contributed by atoms with E-state index in [0.29, 0.717) is 25.0 Å². The number of carbonyl (C=O) groups is 1. The number of rotatable bonds is 7. The van der Waals surface area contributed by atoms with Crippen LogP contribution in [-0.4, -0.2) is 45.2 Å². The molecule has 0 saturated carbocycles. The molecule has 0 aliphatic heterocycles. The molecule has 6 heteroatoms. The number of guanidine groups is 1. The molecule has 0 spiro atoms. The Bertz CT molecular complexity index is 229. The third-order valence-corrected chi connectivity index (χ3v) is 1.71. The van der Waals surface area contributed by atoms with Crippen molar-refractivity contribution in [1.29, 1.82) is 0 Å². The van der Waals surface area contributed by atoms with Crippen LogP contribution in [0.15, 0.2) is 4.99 Å². The summed E-state index contributed by atoms with van der Waals surface area (Å²) in [5, 5.41) is 5.58. The summed E-state index contributed by atoms with van der Waals surface area (Å²) in [6.07, 6.45) is 0. The van der Waals surface area contributed by atoms with Gasteiger partial charge in [-0.2, -0.15) is 0 Å². The van der Waals surface area contributed by atoms with Gasteiger partial charge in [-0.05, 0) is 5.92 Å². The van der Waals surface area contributed by atoms with E-state index in [1.807, 2.05) is 0 Å². The molecule has 0 fully saturated rings. The van der Waals surface area contributed by atoms with E-state index in [0.717, 1.165) is 6.54 Å². The lowest BCUT2D eigenvalue weighted by Crippen LogP contribution is -2.36. The normalized spacial score (nSPS) is 11.6. The summed E-state index contributed by atoms with van der Waals surface area (Å²) in [5.41, 5.74) is 5.56. The van der Waals surface area contributed by atoms with E-state index < -0.39 is 0 Å². The molecule has 16 heavy (non-hydrogen) atoms. The van der Waals surface area contributed by atoms with E-state index in [9.17, 15) is 4.79 Å². The summed E-state index contributed by atoms with van der Waals surface area (Å²) in [6.45, 7) is 5.91. The first kappa shape index (κ1) is 14.7. The molecule has 0 heterocycles. The van der Waals surface area contributed by atoms with Crippen molar-refractivity contribution >= 4 is 11.9 Å². The van der Waals surface area contributed by atoms with Crippen molar-refractivity contribution in [1.82, 2.24) is 10.6 Å². The van der Waals surface area contributed by atoms with Gasteiger partial charge in [0.1, 0.15) is 6.54 Å². The predicted octanol–water partition coefficient (Wildman–Crippen LogP) is -0.691. The highest BCUT2D eigenvalue weighted by Crippen LogP contribution is 1.85. The maximum Gasteiger partial charge on any atom is 0.241 e. The second-order valence-corrected chi connectivity index (χ2v) is 3.82. The molecule has 0 aliphatic rings. The van der Waals surface area contributed by atoms with Crippen LogP contribution in [0.2, 0.25) is 0 Å². The van der Waals surface area contributed by atoms with Crippen LogP contribution in [0.5, 0.6) is 0 Å². The number of nitrogens with two attached hydrogens (primary N) is 1. The fraction of sp³-hybridized carbons (Fsp3) is 0.800. The second-order valence-electron chi connectivity index (χ2n) is 3.82. The topological polar surface area (TPSA) is 88.7 Å². The van der Waals surface area contributed by atoms with Crippen LogP contribution in [0.4, 0.5) is 0 Å². The number of amides is 1. The van der Waals surface area contributed by atoms with E-state index in [1.54, 1.807) is 7.11 Å². The molecule has 0 rings (SSSR count). The Hall–Kier alpha value is -1.30. The Labute approximate surface area is 96.6 Å². The molecule has 0 atom stereocenters. The van der Waals surface area contributed by atoms with Crippen molar-refractivity contribution in [3.8, 4) is 0 Å². The number of hydrogen-bond donors (Lipinski definition) is 3. The lowest BCUT2D eigenvalue weighted by Gasteiger charge is -2.07. The van der Waals surface area contributed by atoms with Gasteiger partial charge in [0.25, 0.3) is 0 Å². The van der Waals surface area contributed by atoms with Gasteiger partial charge < -0.3 is 21.1 Å². The molecule has 1 amide bonds. The van der Waals surface area contributed by atoms with Crippen molar-refractivity contribution in [2.75, 3.05) is 33.4 Å². The molecule has 0 aromatic carbocycles. The molecule has 0 saturated heterocycles. The lowest BCUT2D eigenvalue weighted by atomic mass is 10.2. The van der Waals surface area contributed by atoms with Gasteiger partial charge in [0.2, 0.25) is 5.91 Å². The average molecular weight is 230 g/mol. The minimum absolute atomic E-state index is 0.0423. The van der Waals surface area contributed by atoms with Crippen LogP contribution in [-0.2, 0) is 9.53 Å². The maximum atomic E-state index is 11.2. The molecule has 4 N–H and O–H groups in total. The van der Waals surface area contributed by atoms with Gasteiger partial charge in [0.05, 0.1) is 6.61 Å². The Balaban J connectivity index is 3.66. The number of carbonyl (C=O) groups excluding carboxylic acids is 1. The van der Waals surface area contributed by atoms with Crippen LogP contribution in [0, 0.1) is 5.92 Å². The van der Waals surface area contributed by atoms with Gasteiger partial charge in [-0.15, -0.1) is 0 Å². The van der Waals surface area contributed by atoms with Gasteiger partial charge >= 0.3 is 0 Å². The summed E-state index contributed by atoms with van der Waals surface area (Å²) in [6, 6.07) is 0. The number of nitrogens with zero attached hydrogens (tertiary/aromatic N) is 1. The van der Waals surface area contributed by atoms with E-state index >= 15 is 0 Å². The zero-order chi connectivity index (χ0) is 12.4. The first-order valence-corrected chi connectivity index (χ1v) is 5.35. The number of ether oxygens (including phenoxy) is 1. The Morgan fingerprint density at radius 1 is 1.44 bits per heavy atom. The number of aliphatic imine (C=N–C) groups is 1. The van der Waals surface area contributed by atoms with Gasteiger partial charge in [-0.1, -0.05) is 13.8 Å². The molecular weight excluding hydrogens is 208 g/mol. The molecular formula is C10H22N4O2. The zero-order valence-corrected chi connectivity index (χ0v) is 10.2. The van der Waals surface area contributed by atoms with Crippen molar-refractivity contribution in [2.24, 2.45) is 16.6 Å². The molecule has 0 aromatic rings. The Morgan fingerprint density at radius 2 is 2.12 bits per heavy atom. The number of nitrogens with one attached hydrogen (secondary N) is 2. The van der Waals surface area contributed by atoms with Crippen LogP contribution >= 0.6 is 0 Å². The van der Waals surface area contributed by atoms with Gasteiger partial charge in [-0.3, -0.25) is 4.79 Å². The monoisotopic (exact) mass is 230 g/mol. The Morgan fingerprint density at radius 3 is 2.69 bits per heavy atom. The van der Waals surface area contributed by atoms with Crippen LogP contribution < -0.4 is 16.4 Å². The van der Waals surface area contributed by atoms with Crippen LogP contribution in [0.1, 0.15) is 13.8 Å². The first-order chi connectivity index (χ1) is 7.56. The standard InChI is InChI=1S/C10H22N4O2/c1-8(2)6-13-10(11)14-7-9(15)12-4-5-16-3/h8H,4-7H2,1-3H3,(H,12,15)(H3,11,13,14). The summed E-state index contributed by atoms with van der Waals surface area (Å²) in [5.74, 6) is 0.631. The minimum Gasteiger partial charge on any atom is -0.383 e. The summed E-state index contributed by atoms with van der Waals surface area (Å²) >= 11 is 0. The Kier molecular flexibility index (Phi) is 8.24. The van der Waals surface area contributed by atoms with Gasteiger partial charge in [0.15, 0.2) is 5.96 Å². The molecule has 0 aromatic heterocycles. The highest BCUT2D eigenvalue weighted by Gasteiger charge is 1.99. The third kappa shape index (κ3) is 9.26. The maximum absolute atomic E-state index is 11.2. The predicted molar refractivity (Wildman–Crippen MR) is 64.2 cm³/mol. The highest BCUT2D eigenvalue weighted by atomic mass is 16.5. The highest BCUT2D eigenvalue weighted by molar-refractivity contribution is 5.83. The summed E-state index contributed by atoms with van der Waals surface area (Å²) in [4.78, 5) is 15.1. The minimum atomic E-state index is -0.161. The smallest absolute Gasteiger partial charge is 0.241 e. The quantitative estimate of drug-likeness (QED) is 0.307. The van der Waals surface area contributed by atoms with E-state index in [-0.39, 0.29) is 12.5 Å². The van der Waals surface area contributed by atoms with E-state index in [4.69, 9.17) is 10.5 Å². The van der Waals surface area contributed by atoms with Crippen molar-refractivity contribution in [3.63, 3.8) is 0 Å². The van der Waals surface area contributed by atoms with Crippen molar-refractivity contribution in [3.05, 3.63) is 0 Å². The fourth-order valence-electron chi connectivity index (χ4n) is 0.870. The molecule has 0 unspecified atom stereocenters. The van der Waals surface area contributed by atoms with Crippen LogP contribution in [0.3, 0.4) is 0 Å². The average Bonchev–Trinajstić information content (AvgIpc) is 2.24. The second kappa shape index (κ2) is 8.96. The number of hydrogen-bond acceptors (Lipinski definition) is 3. The molecule has 0 aliphatic carbocycles. The summed E-state index contributed by atoms with van der Waals surface area (Å²) in [7, 11) is 1.58. The molecule has 6 nitrogen and oxygen atoms in total. The number of methoxy groups -OCH3 is 1. The van der Waals surface area contributed by atoms with Gasteiger partial charge in [-0.25, -0.2) is 4.99 Å². The largest absolute Gasteiger partial charge is 0.383 e. The zero-order valence-electron chi connectivity index (χ0n) is 10.2. The van der Waals surface area contributed by atoms with Gasteiger partial charge in [0, 0.05) is 20.2 Å². The lowest BCUT2D eigenvalue weighted by molar-refractivity contribution is -0.119. The molecule has 94 valence electrons. The molecule has 0 bridgehead atoms. The SMILES string of the molecule is COCCNC(=O)CN=C(N)NCC(C)C. The van der Waals surface area contributed by atoms with E-state index in [2.05, 4.69) is 29.5 Å². The molecule has 0 radical (unpaired) electrons. The van der Waals surface area contributed by atoms with Crippen molar-refractivity contribution < 1.29 is 9.53 Å². The van der Waals surface area contributed by atoms with Crippen LogP contribution in [0.25, 0.3) is 0 Å². The summed E-state index contributed by atoms with van der Waals surface area (Å²) < 4.78 is 4.80. The third-order valence-electron chi connectivity index (χ3n) is 1.71. The first-order valence-electron chi connectivity index (χ1n) is 5.35.